The lowest BCUT2D eigenvalue weighted by Gasteiger charge is -2.06. The van der Waals surface area contributed by atoms with Gasteiger partial charge >= 0.3 is 5.97 Å². The van der Waals surface area contributed by atoms with Crippen molar-refractivity contribution in [3.05, 3.63) is 59.9 Å². The largest absolute Gasteiger partial charge is 0.466 e. The van der Waals surface area contributed by atoms with Gasteiger partial charge in [0.15, 0.2) is 0 Å². The quantitative estimate of drug-likeness (QED) is 0.693. The average molecular weight is 284 g/mol. The van der Waals surface area contributed by atoms with Crippen molar-refractivity contribution in [1.29, 1.82) is 0 Å². The predicted molar refractivity (Wildman–Crippen MR) is 80.9 cm³/mol. The molecule has 0 bridgehead atoms. The van der Waals surface area contributed by atoms with Crippen LogP contribution >= 0.6 is 0 Å². The smallest absolute Gasteiger partial charge is 0.330 e. The van der Waals surface area contributed by atoms with Crippen LogP contribution in [-0.2, 0) is 16.6 Å². The molecule has 0 aliphatic heterocycles. The van der Waals surface area contributed by atoms with Crippen LogP contribution in [0.15, 0.2) is 48.7 Å². The SMILES string of the molecule is COC(=O)/C=C/c1cccc(NC(=O)c2cccn2C)c1. The molecular weight excluding hydrogens is 268 g/mol. The van der Waals surface area contributed by atoms with E-state index in [1.165, 1.54) is 13.2 Å². The average Bonchev–Trinajstić information content (AvgIpc) is 2.91. The number of methoxy groups -OCH3 is 1. The fraction of sp³-hybridized carbons (Fsp3) is 0.125. The Kier molecular flexibility index (Phi) is 4.56. The Morgan fingerprint density at radius 2 is 2.05 bits per heavy atom. The maximum absolute atomic E-state index is 12.1. The highest BCUT2D eigenvalue weighted by atomic mass is 16.5. The maximum atomic E-state index is 12.1. The van der Waals surface area contributed by atoms with Crippen molar-refractivity contribution in [3.63, 3.8) is 0 Å². The van der Waals surface area contributed by atoms with Gasteiger partial charge in [-0.2, -0.15) is 0 Å². The summed E-state index contributed by atoms with van der Waals surface area (Å²) in [5.41, 5.74) is 2.03. The van der Waals surface area contributed by atoms with Crippen molar-refractivity contribution in [3.8, 4) is 0 Å². The standard InChI is InChI=1S/C16H16N2O3/c1-18-10-4-7-14(18)16(20)17-13-6-3-5-12(11-13)8-9-15(19)21-2/h3-11H,1-2H3,(H,17,20)/b9-8+. The number of rotatable bonds is 4. The van der Waals surface area contributed by atoms with Gasteiger partial charge in [0, 0.05) is 25.0 Å². The summed E-state index contributed by atoms with van der Waals surface area (Å²) < 4.78 is 6.28. The van der Waals surface area contributed by atoms with Crippen LogP contribution in [0.3, 0.4) is 0 Å². The van der Waals surface area contributed by atoms with Crippen LogP contribution in [0.2, 0.25) is 0 Å². The molecule has 0 fully saturated rings. The van der Waals surface area contributed by atoms with E-state index in [-0.39, 0.29) is 5.91 Å². The summed E-state index contributed by atoms with van der Waals surface area (Å²) in [5, 5.41) is 2.82. The minimum absolute atomic E-state index is 0.184. The molecule has 1 heterocycles. The minimum atomic E-state index is -0.423. The van der Waals surface area contributed by atoms with Gasteiger partial charge < -0.3 is 14.6 Å². The summed E-state index contributed by atoms with van der Waals surface area (Å²) in [7, 11) is 3.13. The van der Waals surface area contributed by atoms with Gasteiger partial charge in [-0.3, -0.25) is 4.79 Å². The second-order valence-electron chi connectivity index (χ2n) is 4.44. The Morgan fingerprint density at radius 1 is 1.24 bits per heavy atom. The molecule has 0 spiro atoms. The normalized spacial score (nSPS) is 10.6. The zero-order chi connectivity index (χ0) is 15.2. The Hall–Kier alpha value is -2.82. The molecule has 1 aromatic heterocycles. The third-order valence-corrected chi connectivity index (χ3v) is 2.93. The molecular formula is C16H16N2O3. The number of aromatic nitrogens is 1. The number of nitrogens with zero attached hydrogens (tertiary/aromatic N) is 1. The number of anilines is 1. The van der Waals surface area contributed by atoms with Crippen LogP contribution in [0.1, 0.15) is 16.1 Å². The number of hydrogen-bond donors (Lipinski definition) is 1. The first kappa shape index (κ1) is 14.6. The summed E-state index contributed by atoms with van der Waals surface area (Å²) in [6.45, 7) is 0. The number of carbonyl (C=O) groups is 2. The van der Waals surface area contributed by atoms with E-state index >= 15 is 0 Å². The summed E-state index contributed by atoms with van der Waals surface area (Å²) >= 11 is 0. The molecule has 0 saturated heterocycles. The Labute approximate surface area is 122 Å². The van der Waals surface area contributed by atoms with Crippen LogP contribution in [0.25, 0.3) is 6.08 Å². The number of carbonyl (C=O) groups excluding carboxylic acids is 2. The summed E-state index contributed by atoms with van der Waals surface area (Å²) in [5.74, 6) is -0.607. The molecule has 0 unspecified atom stereocenters. The zero-order valence-corrected chi connectivity index (χ0v) is 11.9. The number of aryl methyl sites for hydroxylation is 1. The van der Waals surface area contributed by atoms with E-state index in [0.717, 1.165) is 5.56 Å². The lowest BCUT2D eigenvalue weighted by atomic mass is 10.2. The molecule has 1 amide bonds. The van der Waals surface area contributed by atoms with E-state index in [1.807, 2.05) is 25.4 Å². The van der Waals surface area contributed by atoms with E-state index in [0.29, 0.717) is 11.4 Å². The second-order valence-corrected chi connectivity index (χ2v) is 4.44. The number of benzene rings is 1. The van der Waals surface area contributed by atoms with Crippen LogP contribution in [0.4, 0.5) is 5.69 Å². The number of amides is 1. The highest BCUT2D eigenvalue weighted by Gasteiger charge is 2.08. The Bertz CT molecular complexity index is 686. The molecule has 108 valence electrons. The third kappa shape index (κ3) is 3.82. The van der Waals surface area contributed by atoms with Crippen molar-refractivity contribution >= 4 is 23.6 Å². The first-order valence-electron chi connectivity index (χ1n) is 6.39. The van der Waals surface area contributed by atoms with Crippen molar-refractivity contribution < 1.29 is 14.3 Å². The van der Waals surface area contributed by atoms with E-state index < -0.39 is 5.97 Å². The van der Waals surface area contributed by atoms with Gasteiger partial charge in [-0.05, 0) is 35.9 Å². The van der Waals surface area contributed by atoms with E-state index in [4.69, 9.17) is 0 Å². The first-order valence-corrected chi connectivity index (χ1v) is 6.39. The highest BCUT2D eigenvalue weighted by molar-refractivity contribution is 6.03. The van der Waals surface area contributed by atoms with Crippen molar-refractivity contribution in [1.82, 2.24) is 4.57 Å². The molecule has 2 rings (SSSR count). The zero-order valence-electron chi connectivity index (χ0n) is 11.9. The molecule has 1 N–H and O–H groups in total. The van der Waals surface area contributed by atoms with Crippen LogP contribution in [0.5, 0.6) is 0 Å². The molecule has 0 radical (unpaired) electrons. The third-order valence-electron chi connectivity index (χ3n) is 2.93. The van der Waals surface area contributed by atoms with Crippen molar-refractivity contribution in [2.45, 2.75) is 0 Å². The summed E-state index contributed by atoms with van der Waals surface area (Å²) in [6, 6.07) is 10.8. The fourth-order valence-electron chi connectivity index (χ4n) is 1.84. The second kappa shape index (κ2) is 6.56. The Balaban J connectivity index is 2.11. The summed E-state index contributed by atoms with van der Waals surface area (Å²) in [4.78, 5) is 23.2. The lowest BCUT2D eigenvalue weighted by Crippen LogP contribution is -2.15. The molecule has 1 aromatic carbocycles. The van der Waals surface area contributed by atoms with E-state index in [2.05, 4.69) is 10.1 Å². The molecule has 0 aliphatic rings. The molecule has 0 atom stereocenters. The van der Waals surface area contributed by atoms with Crippen molar-refractivity contribution in [2.75, 3.05) is 12.4 Å². The van der Waals surface area contributed by atoms with Crippen LogP contribution in [-0.4, -0.2) is 23.6 Å². The number of nitrogens with one attached hydrogen (secondary N) is 1. The van der Waals surface area contributed by atoms with Gasteiger partial charge in [-0.15, -0.1) is 0 Å². The van der Waals surface area contributed by atoms with E-state index in [9.17, 15) is 9.59 Å². The number of hydrogen-bond acceptors (Lipinski definition) is 3. The number of esters is 1. The maximum Gasteiger partial charge on any atom is 0.330 e. The topological polar surface area (TPSA) is 60.3 Å². The lowest BCUT2D eigenvalue weighted by molar-refractivity contribution is -0.134. The fourth-order valence-corrected chi connectivity index (χ4v) is 1.84. The van der Waals surface area contributed by atoms with Gasteiger partial charge in [0.2, 0.25) is 0 Å². The van der Waals surface area contributed by atoms with Gasteiger partial charge in [-0.25, -0.2) is 4.79 Å². The van der Waals surface area contributed by atoms with Gasteiger partial charge in [0.25, 0.3) is 5.91 Å². The highest BCUT2D eigenvalue weighted by Crippen LogP contribution is 2.13. The minimum Gasteiger partial charge on any atom is -0.466 e. The van der Waals surface area contributed by atoms with Gasteiger partial charge in [0.05, 0.1) is 7.11 Å². The van der Waals surface area contributed by atoms with Crippen molar-refractivity contribution in [2.24, 2.45) is 7.05 Å². The molecule has 21 heavy (non-hydrogen) atoms. The molecule has 0 saturated carbocycles. The predicted octanol–water partition coefficient (Wildman–Crippen LogP) is 2.46. The first-order chi connectivity index (χ1) is 10.1. The van der Waals surface area contributed by atoms with Gasteiger partial charge in [0.1, 0.15) is 5.69 Å². The molecule has 5 heteroatoms. The Morgan fingerprint density at radius 3 is 2.71 bits per heavy atom. The molecule has 0 aliphatic carbocycles. The van der Waals surface area contributed by atoms with Crippen LogP contribution in [0, 0.1) is 0 Å². The van der Waals surface area contributed by atoms with Crippen LogP contribution < -0.4 is 5.32 Å². The van der Waals surface area contributed by atoms with E-state index in [1.54, 1.807) is 34.9 Å². The summed E-state index contributed by atoms with van der Waals surface area (Å²) in [6.07, 6.45) is 4.77. The monoisotopic (exact) mass is 284 g/mol. The molecule has 2 aromatic rings. The van der Waals surface area contributed by atoms with Gasteiger partial charge in [-0.1, -0.05) is 12.1 Å². The molecule has 5 nitrogen and oxygen atoms in total. The number of ether oxygens (including phenoxy) is 1.